The Labute approximate surface area is 148 Å². The summed E-state index contributed by atoms with van der Waals surface area (Å²) in [7, 11) is 1.95. The molecule has 0 unspecified atom stereocenters. The number of piperidine rings is 1. The van der Waals surface area contributed by atoms with E-state index in [1.807, 2.05) is 31.3 Å². The van der Waals surface area contributed by atoms with Gasteiger partial charge in [-0.2, -0.15) is 0 Å². The van der Waals surface area contributed by atoms with Gasteiger partial charge in [-0.3, -0.25) is 4.98 Å². The number of halogens is 1. The molecule has 0 bridgehead atoms. The number of rotatable bonds is 6. The maximum Gasteiger partial charge on any atom is 0.187 e. The van der Waals surface area contributed by atoms with Gasteiger partial charge in [-0.15, -0.1) is 0 Å². The summed E-state index contributed by atoms with van der Waals surface area (Å²) < 4.78 is 14.5. The minimum absolute atomic E-state index is 0.271. The summed E-state index contributed by atoms with van der Waals surface area (Å²) in [5.74, 6) is 0.162. The highest BCUT2D eigenvalue weighted by molar-refractivity contribution is 5.41. The Morgan fingerprint density at radius 2 is 1.92 bits per heavy atom. The van der Waals surface area contributed by atoms with Crippen molar-refractivity contribution in [2.75, 3.05) is 31.6 Å². The molecule has 1 saturated heterocycles. The number of aryl methyl sites for hydroxylation is 1. The van der Waals surface area contributed by atoms with Crippen LogP contribution in [0.1, 0.15) is 31.0 Å². The van der Waals surface area contributed by atoms with Crippen molar-refractivity contribution in [3.8, 4) is 0 Å². The van der Waals surface area contributed by atoms with Crippen LogP contribution >= 0.6 is 0 Å². The van der Waals surface area contributed by atoms with Crippen LogP contribution in [0.4, 0.5) is 10.2 Å². The standard InChI is InChI=1S/C19H26FN5/c1-3-17-18(20)19(23-14-22-17)24(2)16-7-12-25(13-8-16)11-6-15-4-9-21-10-5-15/h4-5,9-10,14,16H,3,6-8,11-13H2,1-2H3. The Bertz CT molecular complexity index is 671. The van der Waals surface area contributed by atoms with Crippen LogP contribution in [0.2, 0.25) is 0 Å². The summed E-state index contributed by atoms with van der Waals surface area (Å²) in [5.41, 5.74) is 1.82. The molecular weight excluding hydrogens is 317 g/mol. The first kappa shape index (κ1) is 17.7. The minimum Gasteiger partial charge on any atom is -0.354 e. The SMILES string of the molecule is CCc1ncnc(N(C)C2CCN(CCc3ccncc3)CC2)c1F. The first-order valence-corrected chi connectivity index (χ1v) is 9.02. The lowest BCUT2D eigenvalue weighted by atomic mass is 10.0. The summed E-state index contributed by atoms with van der Waals surface area (Å²) in [5, 5.41) is 0. The fraction of sp³-hybridized carbons (Fsp3) is 0.526. The van der Waals surface area contributed by atoms with Crippen LogP contribution in [-0.2, 0) is 12.8 Å². The van der Waals surface area contributed by atoms with Gasteiger partial charge in [0.15, 0.2) is 11.6 Å². The van der Waals surface area contributed by atoms with Gasteiger partial charge in [-0.05, 0) is 43.4 Å². The molecule has 5 nitrogen and oxygen atoms in total. The van der Waals surface area contributed by atoms with Gasteiger partial charge in [0.1, 0.15) is 6.33 Å². The Hall–Kier alpha value is -2.08. The molecule has 1 aliphatic rings. The van der Waals surface area contributed by atoms with E-state index in [4.69, 9.17) is 0 Å². The van der Waals surface area contributed by atoms with Crippen molar-refractivity contribution in [3.63, 3.8) is 0 Å². The van der Waals surface area contributed by atoms with E-state index in [1.165, 1.54) is 11.9 Å². The van der Waals surface area contributed by atoms with Gasteiger partial charge in [0.2, 0.25) is 0 Å². The molecule has 3 rings (SSSR count). The van der Waals surface area contributed by atoms with Crippen LogP contribution in [0.15, 0.2) is 30.9 Å². The zero-order valence-corrected chi connectivity index (χ0v) is 15.0. The van der Waals surface area contributed by atoms with Crippen molar-refractivity contribution >= 4 is 5.82 Å². The number of hydrogen-bond acceptors (Lipinski definition) is 5. The van der Waals surface area contributed by atoms with E-state index < -0.39 is 0 Å². The third-order valence-electron chi connectivity index (χ3n) is 5.08. The molecule has 134 valence electrons. The molecule has 3 heterocycles. The molecule has 0 aliphatic carbocycles. The third kappa shape index (κ3) is 4.31. The predicted octanol–water partition coefficient (Wildman–Crippen LogP) is 2.72. The third-order valence-corrected chi connectivity index (χ3v) is 5.08. The van der Waals surface area contributed by atoms with Crippen molar-refractivity contribution in [1.29, 1.82) is 0 Å². The summed E-state index contributed by atoms with van der Waals surface area (Å²) in [4.78, 5) is 16.7. The number of aromatic nitrogens is 3. The summed E-state index contributed by atoms with van der Waals surface area (Å²) in [6.07, 6.45) is 8.84. The minimum atomic E-state index is -0.271. The van der Waals surface area contributed by atoms with Gasteiger partial charge in [-0.25, -0.2) is 14.4 Å². The van der Waals surface area contributed by atoms with E-state index in [9.17, 15) is 4.39 Å². The number of hydrogen-bond donors (Lipinski definition) is 0. The lowest BCUT2D eigenvalue weighted by molar-refractivity contribution is 0.212. The molecule has 0 atom stereocenters. The normalized spacial score (nSPS) is 16.1. The molecule has 1 aliphatic heterocycles. The summed E-state index contributed by atoms with van der Waals surface area (Å²) >= 11 is 0. The topological polar surface area (TPSA) is 45.2 Å². The Balaban J connectivity index is 1.53. The molecular formula is C19H26FN5. The van der Waals surface area contributed by atoms with Crippen LogP contribution in [0.25, 0.3) is 0 Å². The quantitative estimate of drug-likeness (QED) is 0.807. The highest BCUT2D eigenvalue weighted by atomic mass is 19.1. The average Bonchev–Trinajstić information content (AvgIpc) is 2.67. The second-order valence-electron chi connectivity index (χ2n) is 6.60. The smallest absolute Gasteiger partial charge is 0.187 e. The van der Waals surface area contributed by atoms with Crippen LogP contribution in [0.3, 0.4) is 0 Å². The van der Waals surface area contributed by atoms with Crippen LogP contribution < -0.4 is 4.90 Å². The van der Waals surface area contributed by atoms with Gasteiger partial charge >= 0.3 is 0 Å². The van der Waals surface area contributed by atoms with E-state index in [1.54, 1.807) is 0 Å². The second-order valence-corrected chi connectivity index (χ2v) is 6.60. The average molecular weight is 343 g/mol. The van der Waals surface area contributed by atoms with E-state index in [0.717, 1.165) is 38.9 Å². The lowest BCUT2D eigenvalue weighted by Crippen LogP contribution is -2.44. The van der Waals surface area contributed by atoms with E-state index in [0.29, 0.717) is 24.0 Å². The number of nitrogens with zero attached hydrogens (tertiary/aromatic N) is 5. The fourth-order valence-electron chi connectivity index (χ4n) is 3.43. The molecule has 0 N–H and O–H groups in total. The molecule has 25 heavy (non-hydrogen) atoms. The van der Waals surface area contributed by atoms with Crippen molar-refractivity contribution in [1.82, 2.24) is 19.9 Å². The summed E-state index contributed by atoms with van der Waals surface area (Å²) in [6.45, 7) is 5.04. The van der Waals surface area contributed by atoms with Gasteiger partial charge in [-0.1, -0.05) is 6.92 Å². The molecule has 0 spiro atoms. The highest BCUT2D eigenvalue weighted by Gasteiger charge is 2.25. The van der Waals surface area contributed by atoms with Gasteiger partial charge in [0.05, 0.1) is 5.69 Å². The highest BCUT2D eigenvalue weighted by Crippen LogP contribution is 2.24. The Kier molecular flexibility index (Phi) is 5.91. The largest absolute Gasteiger partial charge is 0.354 e. The molecule has 2 aromatic heterocycles. The van der Waals surface area contributed by atoms with Crippen molar-refractivity contribution in [2.45, 2.75) is 38.6 Å². The van der Waals surface area contributed by atoms with Crippen molar-refractivity contribution in [2.24, 2.45) is 0 Å². The Morgan fingerprint density at radius 1 is 1.20 bits per heavy atom. The fourth-order valence-corrected chi connectivity index (χ4v) is 3.43. The Morgan fingerprint density at radius 3 is 2.60 bits per heavy atom. The van der Waals surface area contributed by atoms with Gasteiger partial charge in [0.25, 0.3) is 0 Å². The number of anilines is 1. The summed E-state index contributed by atoms with van der Waals surface area (Å²) in [6, 6.07) is 4.47. The molecule has 0 aromatic carbocycles. The van der Waals surface area contributed by atoms with E-state index in [2.05, 4.69) is 32.0 Å². The second kappa shape index (κ2) is 8.34. The monoisotopic (exact) mass is 343 g/mol. The molecule has 0 amide bonds. The molecule has 0 radical (unpaired) electrons. The van der Waals surface area contributed by atoms with E-state index >= 15 is 0 Å². The number of likely N-dealkylation sites (tertiary alicyclic amines) is 1. The molecule has 6 heteroatoms. The zero-order chi connectivity index (χ0) is 17.6. The maximum absolute atomic E-state index is 14.5. The zero-order valence-electron chi connectivity index (χ0n) is 15.0. The first-order valence-electron chi connectivity index (χ1n) is 9.02. The first-order chi connectivity index (χ1) is 12.2. The van der Waals surface area contributed by atoms with Crippen LogP contribution in [0, 0.1) is 5.82 Å². The van der Waals surface area contributed by atoms with Crippen molar-refractivity contribution in [3.05, 3.63) is 47.9 Å². The molecule has 2 aromatic rings. The van der Waals surface area contributed by atoms with Crippen molar-refractivity contribution < 1.29 is 4.39 Å². The number of pyridine rings is 1. The lowest BCUT2D eigenvalue weighted by Gasteiger charge is -2.37. The maximum atomic E-state index is 14.5. The molecule has 1 fully saturated rings. The van der Waals surface area contributed by atoms with Gasteiger partial charge < -0.3 is 9.80 Å². The van der Waals surface area contributed by atoms with Crippen LogP contribution in [0.5, 0.6) is 0 Å². The predicted molar refractivity (Wildman–Crippen MR) is 97.2 cm³/mol. The van der Waals surface area contributed by atoms with Crippen LogP contribution in [-0.4, -0.2) is 52.6 Å². The molecule has 0 saturated carbocycles. The van der Waals surface area contributed by atoms with E-state index in [-0.39, 0.29) is 5.82 Å². The van der Waals surface area contributed by atoms with Gasteiger partial charge in [0, 0.05) is 45.1 Å².